The van der Waals surface area contributed by atoms with Gasteiger partial charge in [0.15, 0.2) is 0 Å². The average molecular weight is 629 g/mol. The highest BCUT2D eigenvalue weighted by Gasteiger charge is 2.14. The molecular formula is C20H27I2N2OS2+. The molecule has 0 bridgehead atoms. The summed E-state index contributed by atoms with van der Waals surface area (Å²) < 4.78 is 7.47. The molecule has 0 radical (unpaired) electrons. The van der Waals surface area contributed by atoms with Gasteiger partial charge in [-0.15, -0.1) is 24.0 Å². The summed E-state index contributed by atoms with van der Waals surface area (Å²) in [6.07, 6.45) is 0. The maximum atomic E-state index is 2.35. The molecule has 2 aromatic carbocycles. The zero-order valence-corrected chi connectivity index (χ0v) is 22.2. The normalized spacial score (nSPS) is 9.63. The van der Waals surface area contributed by atoms with E-state index in [0.29, 0.717) is 0 Å². The topological polar surface area (TPSA) is 39.3 Å². The quantitative estimate of drug-likeness (QED) is 0.240. The Morgan fingerprint density at radius 2 is 1.04 bits per heavy atom. The lowest BCUT2D eigenvalue weighted by Gasteiger charge is -1.88. The van der Waals surface area contributed by atoms with E-state index in [2.05, 4.69) is 85.4 Å². The number of para-hydroxylation sites is 2. The van der Waals surface area contributed by atoms with Crippen LogP contribution in [0.2, 0.25) is 0 Å². The first-order chi connectivity index (χ1) is 11.7. The molecule has 27 heavy (non-hydrogen) atoms. The molecule has 0 aliphatic rings. The van der Waals surface area contributed by atoms with Gasteiger partial charge in [-0.25, -0.2) is 0 Å². The Kier molecular flexibility index (Phi) is 12.1. The number of aromatic nitrogens is 2. The van der Waals surface area contributed by atoms with E-state index in [-0.39, 0.29) is 53.4 Å². The molecule has 4 aromatic rings. The number of nitrogens with zero attached hydrogens (tertiary/aromatic N) is 2. The molecule has 2 aromatic heterocycles. The molecule has 0 fully saturated rings. The van der Waals surface area contributed by atoms with Gasteiger partial charge in [0, 0.05) is 26.0 Å². The number of aryl methyl sites for hydroxylation is 4. The minimum atomic E-state index is 0. The number of benzene rings is 2. The van der Waals surface area contributed by atoms with E-state index in [9.17, 15) is 0 Å². The van der Waals surface area contributed by atoms with Crippen molar-refractivity contribution in [2.24, 2.45) is 0 Å². The Bertz CT molecular complexity index is 903. The monoisotopic (exact) mass is 629 g/mol. The fourth-order valence-corrected chi connectivity index (χ4v) is 5.26. The van der Waals surface area contributed by atoms with Crippen LogP contribution in [-0.4, -0.2) is 5.48 Å². The summed E-state index contributed by atoms with van der Waals surface area (Å²) in [7, 11) is 0. The number of hydrogen-bond acceptors (Lipinski definition) is 2. The third kappa shape index (κ3) is 5.81. The predicted octanol–water partition coefficient (Wildman–Crippen LogP) is 1.83. The van der Waals surface area contributed by atoms with E-state index < -0.39 is 0 Å². The van der Waals surface area contributed by atoms with Gasteiger partial charge in [0.2, 0.25) is 21.0 Å². The molecule has 148 valence electrons. The summed E-state index contributed by atoms with van der Waals surface area (Å²) in [4.78, 5) is 0. The van der Waals surface area contributed by atoms with Gasteiger partial charge in [-0.1, -0.05) is 46.9 Å². The van der Waals surface area contributed by atoms with Crippen LogP contribution in [0.3, 0.4) is 0 Å². The number of halogens is 2. The van der Waals surface area contributed by atoms with E-state index in [1.54, 1.807) is 0 Å². The molecule has 2 N–H and O–H groups in total. The van der Waals surface area contributed by atoms with E-state index in [0.717, 1.165) is 13.1 Å². The minimum Gasteiger partial charge on any atom is -1.00 e. The Morgan fingerprint density at radius 3 is 1.37 bits per heavy atom. The van der Waals surface area contributed by atoms with Crippen molar-refractivity contribution in [2.75, 3.05) is 0 Å². The minimum absolute atomic E-state index is 0. The van der Waals surface area contributed by atoms with E-state index in [4.69, 9.17) is 0 Å². The van der Waals surface area contributed by atoms with Crippen LogP contribution in [0, 0.1) is 13.8 Å². The van der Waals surface area contributed by atoms with E-state index in [1.807, 2.05) is 22.7 Å². The number of rotatable bonds is 2. The van der Waals surface area contributed by atoms with Crippen molar-refractivity contribution in [1.82, 2.24) is 0 Å². The Hall–Kier alpha value is -0.360. The van der Waals surface area contributed by atoms with Crippen molar-refractivity contribution >= 4 is 67.1 Å². The van der Waals surface area contributed by atoms with Gasteiger partial charge in [0.25, 0.3) is 0 Å². The van der Waals surface area contributed by atoms with Crippen LogP contribution in [0.1, 0.15) is 23.9 Å². The molecule has 4 rings (SSSR count). The predicted molar refractivity (Wildman–Crippen MR) is 124 cm³/mol. The van der Waals surface area contributed by atoms with Gasteiger partial charge >= 0.3 is 0 Å². The van der Waals surface area contributed by atoms with Crippen molar-refractivity contribution in [3.05, 3.63) is 58.5 Å². The first-order valence-corrected chi connectivity index (χ1v) is 10.0. The highest BCUT2D eigenvalue weighted by atomic mass is 127. The molecule has 0 aliphatic carbocycles. The Labute approximate surface area is 203 Å². The molecule has 2 heterocycles. The SMILES string of the molecule is CC[n+]1c(C)sc2ccccc21.CC[n+]1c(C)sc2ccccc21.I.O.[I-]. The number of hydrogen-bond donors (Lipinski definition) is 0. The molecule has 3 nitrogen and oxygen atoms in total. The zero-order chi connectivity index (χ0) is 17.1. The van der Waals surface area contributed by atoms with E-state index >= 15 is 0 Å². The fourth-order valence-electron chi connectivity index (χ4n) is 3.09. The maximum Gasteiger partial charge on any atom is 0.235 e. The molecule has 0 spiro atoms. The van der Waals surface area contributed by atoms with Gasteiger partial charge < -0.3 is 29.5 Å². The average Bonchev–Trinajstić information content (AvgIpc) is 3.09. The molecule has 0 saturated carbocycles. The molecule has 7 heteroatoms. The second-order valence-corrected chi connectivity index (χ2v) is 8.14. The first-order valence-electron chi connectivity index (χ1n) is 8.41. The first kappa shape index (κ1) is 26.6. The molecular weight excluding hydrogens is 602 g/mol. The van der Waals surface area contributed by atoms with Gasteiger partial charge in [-0.3, -0.25) is 0 Å². The smallest absolute Gasteiger partial charge is 0.235 e. The Morgan fingerprint density at radius 1 is 0.704 bits per heavy atom. The summed E-state index contributed by atoms with van der Waals surface area (Å²) in [6.45, 7) is 10.9. The van der Waals surface area contributed by atoms with Crippen molar-refractivity contribution in [2.45, 2.75) is 40.8 Å². The molecule has 0 amide bonds. The van der Waals surface area contributed by atoms with Gasteiger partial charge in [0.05, 0.1) is 0 Å². The van der Waals surface area contributed by atoms with E-state index in [1.165, 1.54) is 30.4 Å². The molecule has 0 aliphatic heterocycles. The van der Waals surface area contributed by atoms with Crippen molar-refractivity contribution in [3.63, 3.8) is 0 Å². The molecule has 0 unspecified atom stereocenters. The maximum absolute atomic E-state index is 2.35. The summed E-state index contributed by atoms with van der Waals surface area (Å²) >= 11 is 3.73. The highest BCUT2D eigenvalue weighted by molar-refractivity contribution is 14.0. The highest BCUT2D eigenvalue weighted by Crippen LogP contribution is 2.19. The summed E-state index contributed by atoms with van der Waals surface area (Å²) in [5.74, 6) is 0. The lowest BCUT2D eigenvalue weighted by atomic mass is 10.3. The fraction of sp³-hybridized carbons (Fsp3) is 0.300. The third-order valence-corrected chi connectivity index (χ3v) is 6.38. The van der Waals surface area contributed by atoms with Crippen LogP contribution in [-0.2, 0) is 13.1 Å². The van der Waals surface area contributed by atoms with Crippen molar-refractivity contribution in [1.29, 1.82) is 0 Å². The van der Waals surface area contributed by atoms with Crippen LogP contribution < -0.4 is 33.1 Å². The van der Waals surface area contributed by atoms with Crippen molar-refractivity contribution < 1.29 is 38.6 Å². The largest absolute Gasteiger partial charge is 1.00 e. The second-order valence-electron chi connectivity index (χ2n) is 5.67. The lowest BCUT2D eigenvalue weighted by molar-refractivity contribution is -0.669. The van der Waals surface area contributed by atoms with Gasteiger partial charge in [0.1, 0.15) is 22.5 Å². The number of fused-ring (bicyclic) bond motifs is 2. The van der Waals surface area contributed by atoms with Crippen LogP contribution in [0.25, 0.3) is 20.4 Å². The van der Waals surface area contributed by atoms with Crippen molar-refractivity contribution in [3.8, 4) is 0 Å². The summed E-state index contributed by atoms with van der Waals surface area (Å²) in [6, 6.07) is 17.1. The van der Waals surface area contributed by atoms with Crippen LogP contribution >= 0.6 is 46.7 Å². The number of thiazole rings is 2. The molecule has 0 atom stereocenters. The zero-order valence-electron chi connectivity index (χ0n) is 16.0. The Balaban J connectivity index is 0.000000451. The van der Waals surface area contributed by atoms with Crippen LogP contribution in [0.4, 0.5) is 0 Å². The standard InChI is InChI=1S/2C10H12NS.2HI.H2O/c2*1-3-11-8(2)12-10-7-5-4-6-9(10)11;;;/h2*4-7H,3H2,1-2H3;2*1H;1H2/q2*+1;;;/p-1. The van der Waals surface area contributed by atoms with Crippen LogP contribution in [0.15, 0.2) is 48.5 Å². The molecule has 0 saturated heterocycles. The lowest BCUT2D eigenvalue weighted by Crippen LogP contribution is -3.00. The van der Waals surface area contributed by atoms with Crippen LogP contribution in [0.5, 0.6) is 0 Å². The van der Waals surface area contributed by atoms with Gasteiger partial charge in [-0.2, -0.15) is 9.13 Å². The summed E-state index contributed by atoms with van der Waals surface area (Å²) in [5, 5.41) is 2.78. The summed E-state index contributed by atoms with van der Waals surface area (Å²) in [5.41, 5.74) is 2.73. The van der Waals surface area contributed by atoms with Gasteiger partial charge in [-0.05, 0) is 26.0 Å². The third-order valence-electron chi connectivity index (χ3n) is 4.22. The second kappa shape index (κ2) is 12.3.